The monoisotopic (exact) mass is 272 g/mol. The quantitative estimate of drug-likeness (QED) is 0.765. The van der Waals surface area contributed by atoms with Gasteiger partial charge in [-0.1, -0.05) is 29.8 Å². The van der Waals surface area contributed by atoms with E-state index in [-0.39, 0.29) is 6.04 Å². The maximum atomic E-state index is 6.12. The molecule has 2 rings (SSSR count). The molecule has 1 heterocycles. The van der Waals surface area contributed by atoms with Crippen molar-refractivity contribution in [1.82, 2.24) is 5.01 Å². The van der Waals surface area contributed by atoms with E-state index in [2.05, 4.69) is 21.0 Å². The largest absolute Gasteiger partial charge is 0.291 e. The van der Waals surface area contributed by atoms with Crippen LogP contribution in [0.5, 0.6) is 0 Å². The average molecular weight is 274 g/mol. The SMILES string of the molecule is CN1N=C(Br)CC1c1ccccc1Cl. The molecule has 1 aliphatic rings. The topological polar surface area (TPSA) is 15.6 Å². The maximum Gasteiger partial charge on any atom is 0.105 e. The molecule has 0 spiro atoms. The third kappa shape index (κ3) is 1.79. The van der Waals surface area contributed by atoms with Gasteiger partial charge in [-0.2, -0.15) is 5.10 Å². The van der Waals surface area contributed by atoms with Crippen molar-refractivity contribution >= 4 is 32.2 Å². The molecule has 74 valence electrons. The zero-order chi connectivity index (χ0) is 10.1. The third-order valence-corrected chi connectivity index (χ3v) is 3.17. The van der Waals surface area contributed by atoms with Crippen LogP contribution in [0.25, 0.3) is 0 Å². The molecular weight excluding hydrogens is 263 g/mol. The number of nitrogens with zero attached hydrogens (tertiary/aromatic N) is 2. The van der Waals surface area contributed by atoms with Crippen LogP contribution in [0.3, 0.4) is 0 Å². The van der Waals surface area contributed by atoms with Gasteiger partial charge in [0, 0.05) is 18.5 Å². The van der Waals surface area contributed by atoms with Crippen LogP contribution in [-0.4, -0.2) is 16.7 Å². The van der Waals surface area contributed by atoms with E-state index in [4.69, 9.17) is 11.6 Å². The molecule has 14 heavy (non-hydrogen) atoms. The van der Waals surface area contributed by atoms with E-state index in [1.54, 1.807) is 0 Å². The second-order valence-electron chi connectivity index (χ2n) is 3.29. The van der Waals surface area contributed by atoms with Crippen molar-refractivity contribution in [3.8, 4) is 0 Å². The normalized spacial score (nSPS) is 21.2. The van der Waals surface area contributed by atoms with Crippen LogP contribution < -0.4 is 0 Å². The Morgan fingerprint density at radius 1 is 1.50 bits per heavy atom. The third-order valence-electron chi connectivity index (χ3n) is 2.34. The van der Waals surface area contributed by atoms with Gasteiger partial charge in [-0.15, -0.1) is 0 Å². The fraction of sp³-hybridized carbons (Fsp3) is 0.300. The number of hydrogen-bond acceptors (Lipinski definition) is 2. The lowest BCUT2D eigenvalue weighted by Crippen LogP contribution is -2.14. The van der Waals surface area contributed by atoms with Crippen molar-refractivity contribution in [2.45, 2.75) is 12.5 Å². The van der Waals surface area contributed by atoms with Gasteiger partial charge in [-0.3, -0.25) is 5.01 Å². The van der Waals surface area contributed by atoms with E-state index in [1.165, 1.54) is 0 Å². The number of benzene rings is 1. The van der Waals surface area contributed by atoms with E-state index < -0.39 is 0 Å². The Labute approximate surface area is 96.7 Å². The van der Waals surface area contributed by atoms with Crippen LogP contribution in [-0.2, 0) is 0 Å². The van der Waals surface area contributed by atoms with Crippen LogP contribution in [0.1, 0.15) is 18.0 Å². The van der Waals surface area contributed by atoms with Gasteiger partial charge in [0.15, 0.2) is 0 Å². The Balaban J connectivity index is 2.30. The summed E-state index contributed by atoms with van der Waals surface area (Å²) in [4.78, 5) is 0. The Morgan fingerprint density at radius 2 is 2.21 bits per heavy atom. The highest BCUT2D eigenvalue weighted by Gasteiger charge is 2.25. The average Bonchev–Trinajstić information content (AvgIpc) is 2.46. The van der Waals surface area contributed by atoms with E-state index >= 15 is 0 Å². The van der Waals surface area contributed by atoms with E-state index in [9.17, 15) is 0 Å². The fourth-order valence-electron chi connectivity index (χ4n) is 1.63. The molecule has 1 aromatic carbocycles. The van der Waals surface area contributed by atoms with Crippen molar-refractivity contribution < 1.29 is 0 Å². The van der Waals surface area contributed by atoms with Crippen LogP contribution in [0.15, 0.2) is 29.4 Å². The lowest BCUT2D eigenvalue weighted by Gasteiger charge is -2.19. The standard InChI is InChI=1S/C10H10BrClN2/c1-14-9(6-10(11)13-14)7-4-2-3-5-8(7)12/h2-5,9H,6H2,1H3. The molecule has 1 unspecified atom stereocenters. The fourth-order valence-corrected chi connectivity index (χ4v) is 2.45. The molecule has 0 aliphatic carbocycles. The molecule has 0 amide bonds. The minimum Gasteiger partial charge on any atom is -0.291 e. The Bertz CT molecular complexity index is 378. The second kappa shape index (κ2) is 3.91. The first-order chi connectivity index (χ1) is 6.68. The van der Waals surface area contributed by atoms with Crippen molar-refractivity contribution in [3.63, 3.8) is 0 Å². The number of hydrogen-bond donors (Lipinski definition) is 0. The zero-order valence-electron chi connectivity index (χ0n) is 7.74. The molecule has 4 heteroatoms. The summed E-state index contributed by atoms with van der Waals surface area (Å²) >= 11 is 9.53. The van der Waals surface area contributed by atoms with Crippen LogP contribution in [0.4, 0.5) is 0 Å². The molecule has 0 saturated heterocycles. The second-order valence-corrected chi connectivity index (χ2v) is 4.61. The van der Waals surface area contributed by atoms with E-state index in [0.717, 1.165) is 21.6 Å². The molecule has 0 N–H and O–H groups in total. The van der Waals surface area contributed by atoms with Crippen molar-refractivity contribution in [2.24, 2.45) is 5.10 Å². The van der Waals surface area contributed by atoms with Gasteiger partial charge < -0.3 is 0 Å². The Kier molecular flexibility index (Phi) is 2.79. The molecular formula is C10H10BrClN2. The van der Waals surface area contributed by atoms with Crippen LogP contribution in [0, 0.1) is 0 Å². The van der Waals surface area contributed by atoms with E-state index in [1.807, 2.05) is 36.3 Å². The lowest BCUT2D eigenvalue weighted by atomic mass is 10.1. The highest BCUT2D eigenvalue weighted by atomic mass is 79.9. The first kappa shape index (κ1) is 9.99. The molecule has 0 bridgehead atoms. The van der Waals surface area contributed by atoms with Gasteiger partial charge in [0.1, 0.15) is 4.62 Å². The molecule has 0 radical (unpaired) electrons. The van der Waals surface area contributed by atoms with Gasteiger partial charge in [0.05, 0.1) is 6.04 Å². The van der Waals surface area contributed by atoms with Crippen molar-refractivity contribution in [3.05, 3.63) is 34.9 Å². The van der Waals surface area contributed by atoms with Gasteiger partial charge in [-0.05, 0) is 27.6 Å². The lowest BCUT2D eigenvalue weighted by molar-refractivity contribution is 0.290. The number of halogens is 2. The van der Waals surface area contributed by atoms with Gasteiger partial charge in [0.2, 0.25) is 0 Å². The van der Waals surface area contributed by atoms with Crippen molar-refractivity contribution in [1.29, 1.82) is 0 Å². The van der Waals surface area contributed by atoms with Crippen LogP contribution in [0.2, 0.25) is 5.02 Å². The van der Waals surface area contributed by atoms with E-state index in [0.29, 0.717) is 0 Å². The highest BCUT2D eigenvalue weighted by Crippen LogP contribution is 2.34. The minimum absolute atomic E-state index is 0.262. The molecule has 0 fully saturated rings. The summed E-state index contributed by atoms with van der Waals surface area (Å²) in [6, 6.07) is 8.16. The predicted molar refractivity (Wildman–Crippen MR) is 62.9 cm³/mol. The summed E-state index contributed by atoms with van der Waals surface area (Å²) in [7, 11) is 1.96. The Hall–Kier alpha value is -0.540. The molecule has 1 aromatic rings. The Morgan fingerprint density at radius 3 is 2.79 bits per heavy atom. The number of rotatable bonds is 1. The van der Waals surface area contributed by atoms with Gasteiger partial charge >= 0.3 is 0 Å². The molecule has 1 aliphatic heterocycles. The summed E-state index contributed by atoms with van der Waals surface area (Å²) in [5.41, 5.74) is 1.13. The van der Waals surface area contributed by atoms with Crippen molar-refractivity contribution in [2.75, 3.05) is 7.05 Å². The van der Waals surface area contributed by atoms with Gasteiger partial charge in [0.25, 0.3) is 0 Å². The summed E-state index contributed by atoms with van der Waals surface area (Å²) in [5, 5.41) is 7.04. The molecule has 1 atom stereocenters. The summed E-state index contributed by atoms with van der Waals surface area (Å²) in [5.74, 6) is 0. The highest BCUT2D eigenvalue weighted by molar-refractivity contribution is 9.18. The molecule has 0 aromatic heterocycles. The zero-order valence-corrected chi connectivity index (χ0v) is 10.1. The predicted octanol–water partition coefficient (Wildman–Crippen LogP) is 3.43. The van der Waals surface area contributed by atoms with Crippen LogP contribution >= 0.6 is 27.5 Å². The maximum absolute atomic E-state index is 6.12. The minimum atomic E-state index is 0.262. The number of hydrazone groups is 1. The molecule has 0 saturated carbocycles. The summed E-state index contributed by atoms with van der Waals surface area (Å²) < 4.78 is 0.977. The summed E-state index contributed by atoms with van der Waals surface area (Å²) in [6.45, 7) is 0. The summed E-state index contributed by atoms with van der Waals surface area (Å²) in [6.07, 6.45) is 0.889. The smallest absolute Gasteiger partial charge is 0.105 e. The van der Waals surface area contributed by atoms with Gasteiger partial charge in [-0.25, -0.2) is 0 Å². The first-order valence-corrected chi connectivity index (χ1v) is 5.56. The first-order valence-electron chi connectivity index (χ1n) is 4.38. The molecule has 2 nitrogen and oxygen atoms in total.